The fourth-order valence-corrected chi connectivity index (χ4v) is 0.708. The second kappa shape index (κ2) is 2.79. The number of aliphatic imine (C=N–C) groups is 2. The molecular weight excluding hydrogens is 128 g/mol. The van der Waals surface area contributed by atoms with E-state index in [1.165, 1.54) is 0 Å². The van der Waals surface area contributed by atoms with E-state index >= 15 is 0 Å². The fourth-order valence-electron chi connectivity index (χ4n) is 0.708. The van der Waals surface area contributed by atoms with Crippen molar-refractivity contribution < 1.29 is 0 Å². The van der Waals surface area contributed by atoms with E-state index < -0.39 is 0 Å². The van der Waals surface area contributed by atoms with Crippen molar-refractivity contribution in [1.82, 2.24) is 4.90 Å². The molecule has 4 nitrogen and oxygen atoms in total. The molecule has 4 heteroatoms. The van der Waals surface area contributed by atoms with Crippen molar-refractivity contribution in [2.45, 2.75) is 12.6 Å². The summed E-state index contributed by atoms with van der Waals surface area (Å²) in [5, 5.41) is 0. The Labute approximate surface area is 60.4 Å². The maximum absolute atomic E-state index is 5.56. The van der Waals surface area contributed by atoms with Crippen molar-refractivity contribution in [2.24, 2.45) is 15.7 Å². The van der Waals surface area contributed by atoms with Gasteiger partial charge in [0.05, 0.1) is 0 Å². The van der Waals surface area contributed by atoms with Crippen molar-refractivity contribution in [3.05, 3.63) is 0 Å². The summed E-state index contributed by atoms with van der Waals surface area (Å²) < 4.78 is 0. The van der Waals surface area contributed by atoms with Crippen LogP contribution in [0.1, 0.15) is 6.42 Å². The zero-order valence-corrected chi connectivity index (χ0v) is 6.28. The van der Waals surface area contributed by atoms with Crippen LogP contribution >= 0.6 is 0 Å². The van der Waals surface area contributed by atoms with E-state index in [1.54, 1.807) is 6.21 Å². The van der Waals surface area contributed by atoms with E-state index in [9.17, 15) is 0 Å². The number of hydrogen-bond acceptors (Lipinski definition) is 4. The zero-order valence-electron chi connectivity index (χ0n) is 6.28. The van der Waals surface area contributed by atoms with E-state index in [0.717, 1.165) is 6.42 Å². The largest absolute Gasteiger partial charge is 0.347 e. The van der Waals surface area contributed by atoms with Crippen LogP contribution in [0.3, 0.4) is 0 Å². The second-order valence-corrected chi connectivity index (χ2v) is 2.44. The van der Waals surface area contributed by atoms with Crippen molar-refractivity contribution in [1.29, 1.82) is 0 Å². The van der Waals surface area contributed by atoms with Crippen molar-refractivity contribution in [3.63, 3.8) is 0 Å². The van der Waals surface area contributed by atoms with Crippen LogP contribution < -0.4 is 5.73 Å². The minimum Gasteiger partial charge on any atom is -0.347 e. The summed E-state index contributed by atoms with van der Waals surface area (Å²) in [4.78, 5) is 10.00. The van der Waals surface area contributed by atoms with Crippen LogP contribution in [0.4, 0.5) is 0 Å². The standard InChI is InChI=1S/C6H12N4/c1-10(2)6-8-4-3-5(7)9-6/h4-5H,3,7H2,1-2H3. The number of nitrogens with zero attached hydrogens (tertiary/aromatic N) is 3. The van der Waals surface area contributed by atoms with Gasteiger partial charge in [-0.05, 0) is 0 Å². The van der Waals surface area contributed by atoms with Gasteiger partial charge in [-0.15, -0.1) is 0 Å². The molecule has 0 aliphatic carbocycles. The van der Waals surface area contributed by atoms with Crippen LogP contribution in [-0.2, 0) is 0 Å². The molecule has 0 amide bonds. The summed E-state index contributed by atoms with van der Waals surface area (Å²) in [5.41, 5.74) is 5.56. The molecule has 1 aliphatic heterocycles. The number of hydrogen-bond donors (Lipinski definition) is 1. The molecule has 0 fully saturated rings. The molecule has 0 aromatic heterocycles. The minimum absolute atomic E-state index is 0.102. The quantitative estimate of drug-likeness (QED) is 0.500. The summed E-state index contributed by atoms with van der Waals surface area (Å²) in [7, 11) is 3.79. The van der Waals surface area contributed by atoms with Crippen LogP contribution in [-0.4, -0.2) is 37.3 Å². The molecule has 0 aromatic rings. The maximum Gasteiger partial charge on any atom is 0.221 e. The van der Waals surface area contributed by atoms with Gasteiger partial charge in [-0.1, -0.05) is 0 Å². The van der Waals surface area contributed by atoms with Gasteiger partial charge in [0.15, 0.2) is 0 Å². The molecular formula is C6H12N4. The maximum atomic E-state index is 5.56. The highest BCUT2D eigenvalue weighted by atomic mass is 15.3. The lowest BCUT2D eigenvalue weighted by Gasteiger charge is -2.16. The molecule has 0 radical (unpaired) electrons. The summed E-state index contributed by atoms with van der Waals surface area (Å²) in [6, 6.07) is 0. The average Bonchev–Trinajstić information content (AvgIpc) is 1.88. The van der Waals surface area contributed by atoms with Gasteiger partial charge in [0.2, 0.25) is 5.96 Å². The molecule has 1 rings (SSSR count). The van der Waals surface area contributed by atoms with Gasteiger partial charge in [0.1, 0.15) is 6.17 Å². The van der Waals surface area contributed by atoms with Gasteiger partial charge in [0, 0.05) is 26.7 Å². The topological polar surface area (TPSA) is 54.0 Å². The predicted octanol–water partition coefficient (Wildman–Crippen LogP) is -0.337. The molecule has 0 aromatic carbocycles. The molecule has 0 spiro atoms. The second-order valence-electron chi connectivity index (χ2n) is 2.44. The monoisotopic (exact) mass is 140 g/mol. The van der Waals surface area contributed by atoms with Gasteiger partial charge in [-0.25, -0.2) is 9.98 Å². The molecule has 2 N–H and O–H groups in total. The first-order valence-electron chi connectivity index (χ1n) is 3.23. The van der Waals surface area contributed by atoms with Gasteiger partial charge in [-0.2, -0.15) is 0 Å². The van der Waals surface area contributed by atoms with E-state index in [0.29, 0.717) is 5.96 Å². The zero-order chi connectivity index (χ0) is 7.56. The summed E-state index contributed by atoms with van der Waals surface area (Å²) >= 11 is 0. The first-order valence-corrected chi connectivity index (χ1v) is 3.23. The summed E-state index contributed by atoms with van der Waals surface area (Å²) in [6.07, 6.45) is 2.44. The predicted molar refractivity (Wildman–Crippen MR) is 42.2 cm³/mol. The van der Waals surface area contributed by atoms with Crippen LogP contribution in [0.5, 0.6) is 0 Å². The molecule has 1 aliphatic rings. The Kier molecular flexibility index (Phi) is 2.01. The highest BCUT2D eigenvalue weighted by Crippen LogP contribution is 1.98. The van der Waals surface area contributed by atoms with Crippen LogP contribution in [0.2, 0.25) is 0 Å². The normalized spacial score (nSPS) is 24.3. The third-order valence-electron chi connectivity index (χ3n) is 1.23. The minimum atomic E-state index is -0.102. The fraction of sp³-hybridized carbons (Fsp3) is 0.667. The van der Waals surface area contributed by atoms with Crippen LogP contribution in [0.15, 0.2) is 9.98 Å². The number of rotatable bonds is 0. The van der Waals surface area contributed by atoms with E-state index in [1.807, 2.05) is 19.0 Å². The van der Waals surface area contributed by atoms with Gasteiger partial charge in [-0.3, -0.25) is 0 Å². The highest BCUT2D eigenvalue weighted by molar-refractivity contribution is 5.89. The number of nitrogens with two attached hydrogens (primary N) is 1. The molecule has 10 heavy (non-hydrogen) atoms. The Balaban J connectivity index is 2.66. The van der Waals surface area contributed by atoms with Gasteiger partial charge < -0.3 is 10.6 Å². The number of guanidine groups is 1. The van der Waals surface area contributed by atoms with E-state index in [-0.39, 0.29) is 6.17 Å². The Morgan fingerprint density at radius 2 is 2.40 bits per heavy atom. The molecule has 1 heterocycles. The van der Waals surface area contributed by atoms with Gasteiger partial charge in [0.25, 0.3) is 0 Å². The first-order chi connectivity index (χ1) is 4.70. The van der Waals surface area contributed by atoms with Crippen molar-refractivity contribution in [2.75, 3.05) is 14.1 Å². The van der Waals surface area contributed by atoms with E-state index in [4.69, 9.17) is 5.73 Å². The molecule has 0 saturated heterocycles. The van der Waals surface area contributed by atoms with Crippen molar-refractivity contribution in [3.8, 4) is 0 Å². The highest BCUT2D eigenvalue weighted by Gasteiger charge is 2.07. The third kappa shape index (κ3) is 1.54. The molecule has 1 unspecified atom stereocenters. The van der Waals surface area contributed by atoms with Gasteiger partial charge >= 0.3 is 0 Å². The van der Waals surface area contributed by atoms with E-state index in [2.05, 4.69) is 9.98 Å². The lowest BCUT2D eigenvalue weighted by Crippen LogP contribution is -2.29. The molecule has 1 atom stereocenters. The Bertz CT molecular complexity index is 171. The lowest BCUT2D eigenvalue weighted by atomic mass is 10.3. The SMILES string of the molecule is CN(C)C1=NC(N)CC=N1. The Morgan fingerprint density at radius 1 is 1.70 bits per heavy atom. The Hall–Kier alpha value is -0.900. The summed E-state index contributed by atoms with van der Waals surface area (Å²) in [5.74, 6) is 0.707. The third-order valence-corrected chi connectivity index (χ3v) is 1.23. The Morgan fingerprint density at radius 3 is 2.80 bits per heavy atom. The molecule has 56 valence electrons. The van der Waals surface area contributed by atoms with Crippen LogP contribution in [0, 0.1) is 0 Å². The molecule has 0 bridgehead atoms. The average molecular weight is 140 g/mol. The summed E-state index contributed by atoms with van der Waals surface area (Å²) in [6.45, 7) is 0. The van der Waals surface area contributed by atoms with Crippen molar-refractivity contribution >= 4 is 12.2 Å². The smallest absolute Gasteiger partial charge is 0.221 e. The first kappa shape index (κ1) is 7.21. The lowest BCUT2D eigenvalue weighted by molar-refractivity contribution is 0.590. The molecule has 0 saturated carbocycles. The van der Waals surface area contributed by atoms with Crippen LogP contribution in [0.25, 0.3) is 0 Å².